The Morgan fingerprint density at radius 1 is 1.50 bits per heavy atom. The van der Waals surface area contributed by atoms with Gasteiger partial charge in [-0.05, 0) is 27.5 Å². The number of hydrogen-bond acceptors (Lipinski definition) is 4. The molecule has 0 bridgehead atoms. The summed E-state index contributed by atoms with van der Waals surface area (Å²) in [4.78, 5) is 14.5. The summed E-state index contributed by atoms with van der Waals surface area (Å²) in [7, 11) is 0. The van der Waals surface area contributed by atoms with Gasteiger partial charge in [0, 0.05) is 11.6 Å². The minimum atomic E-state index is 0.446. The maximum absolute atomic E-state index is 10.5. The molecule has 0 unspecified atom stereocenters. The number of aldehydes is 1. The maximum Gasteiger partial charge on any atom is 0.169 e. The van der Waals surface area contributed by atoms with Crippen molar-refractivity contribution in [3.63, 3.8) is 0 Å². The quantitative estimate of drug-likeness (QED) is 0.721. The number of aromatic nitrogens is 2. The van der Waals surface area contributed by atoms with Crippen molar-refractivity contribution in [1.29, 1.82) is 0 Å². The zero-order valence-corrected chi connectivity index (χ0v) is 8.22. The lowest BCUT2D eigenvalue weighted by Crippen LogP contribution is -1.85. The van der Waals surface area contributed by atoms with Gasteiger partial charge < -0.3 is 0 Å². The highest BCUT2D eigenvalue weighted by molar-refractivity contribution is 9.10. The summed E-state index contributed by atoms with van der Waals surface area (Å²) in [5, 5.41) is 0.810. The van der Waals surface area contributed by atoms with Gasteiger partial charge in [-0.1, -0.05) is 0 Å². The van der Waals surface area contributed by atoms with E-state index in [4.69, 9.17) is 0 Å². The molecule has 0 aliphatic heterocycles. The van der Waals surface area contributed by atoms with Crippen LogP contribution in [0.1, 0.15) is 10.5 Å². The van der Waals surface area contributed by atoms with Crippen LogP contribution >= 0.6 is 27.5 Å². The average molecular weight is 243 g/mol. The lowest BCUT2D eigenvalue weighted by molar-refractivity contribution is 0.112. The number of fused-ring (bicyclic) bond motifs is 1. The van der Waals surface area contributed by atoms with E-state index in [9.17, 15) is 4.79 Å². The normalized spacial score (nSPS) is 10.4. The minimum absolute atomic E-state index is 0.446. The molecule has 0 amide bonds. The number of rotatable bonds is 1. The highest BCUT2D eigenvalue weighted by Crippen LogP contribution is 2.27. The van der Waals surface area contributed by atoms with E-state index in [1.807, 2.05) is 0 Å². The third kappa shape index (κ3) is 1.05. The first-order chi connectivity index (χ1) is 5.83. The van der Waals surface area contributed by atoms with Crippen molar-refractivity contribution >= 4 is 43.8 Å². The molecule has 2 rings (SSSR count). The second-order valence-corrected chi connectivity index (χ2v) is 3.83. The molecule has 0 radical (unpaired) electrons. The Morgan fingerprint density at radius 2 is 2.33 bits per heavy atom. The molecule has 0 saturated carbocycles. The van der Waals surface area contributed by atoms with E-state index in [1.165, 1.54) is 11.5 Å². The van der Waals surface area contributed by atoms with Crippen molar-refractivity contribution in [1.82, 2.24) is 9.36 Å². The zero-order chi connectivity index (χ0) is 8.55. The van der Waals surface area contributed by atoms with Crippen molar-refractivity contribution in [3.05, 3.63) is 22.6 Å². The molecular formula is C7H3BrN2OS. The molecule has 0 N–H and O–H groups in total. The van der Waals surface area contributed by atoms with Gasteiger partial charge in [0.05, 0.1) is 15.4 Å². The maximum atomic E-state index is 10.5. The smallest absolute Gasteiger partial charge is 0.169 e. The molecule has 0 fully saturated rings. The molecule has 2 heterocycles. The van der Waals surface area contributed by atoms with Crippen molar-refractivity contribution in [2.45, 2.75) is 0 Å². The van der Waals surface area contributed by atoms with Crippen molar-refractivity contribution < 1.29 is 4.79 Å². The van der Waals surface area contributed by atoms with Gasteiger partial charge in [0.15, 0.2) is 6.29 Å². The Hall–Kier alpha value is -0.810. The Balaban J connectivity index is 2.91. The summed E-state index contributed by atoms with van der Waals surface area (Å²) in [5.74, 6) is 0. The van der Waals surface area contributed by atoms with Crippen molar-refractivity contribution in [2.24, 2.45) is 0 Å². The molecule has 60 valence electrons. The van der Waals surface area contributed by atoms with Crippen LogP contribution in [-0.2, 0) is 0 Å². The fourth-order valence-electron chi connectivity index (χ4n) is 0.943. The molecule has 0 saturated heterocycles. The molecule has 0 atom stereocenters. The average Bonchev–Trinajstić information content (AvgIpc) is 2.54. The van der Waals surface area contributed by atoms with E-state index >= 15 is 0 Å². The lowest BCUT2D eigenvalue weighted by atomic mass is 10.3. The van der Waals surface area contributed by atoms with Gasteiger partial charge in [-0.2, -0.15) is 4.37 Å². The van der Waals surface area contributed by atoms with Gasteiger partial charge in [-0.25, -0.2) is 0 Å². The number of pyridine rings is 1. The standard InChI is InChI=1S/C7H3BrN2OS/c8-5-2-9-6(3-11)4-1-10-12-7(4)5/h1-3H. The SMILES string of the molecule is O=Cc1ncc(Br)c2sncc12. The van der Waals surface area contributed by atoms with Crippen LogP contribution in [0.25, 0.3) is 10.1 Å². The van der Waals surface area contributed by atoms with E-state index in [1.54, 1.807) is 12.4 Å². The number of nitrogens with zero attached hydrogens (tertiary/aromatic N) is 2. The molecule has 5 heteroatoms. The van der Waals surface area contributed by atoms with Gasteiger partial charge in [-0.3, -0.25) is 9.78 Å². The van der Waals surface area contributed by atoms with Crippen LogP contribution in [0.2, 0.25) is 0 Å². The van der Waals surface area contributed by atoms with E-state index in [2.05, 4.69) is 25.3 Å². The predicted octanol–water partition coefficient (Wildman–Crippen LogP) is 2.27. The van der Waals surface area contributed by atoms with E-state index < -0.39 is 0 Å². The van der Waals surface area contributed by atoms with E-state index in [0.717, 1.165) is 20.8 Å². The molecule has 12 heavy (non-hydrogen) atoms. The highest BCUT2D eigenvalue weighted by atomic mass is 79.9. The van der Waals surface area contributed by atoms with E-state index in [-0.39, 0.29) is 0 Å². The summed E-state index contributed by atoms with van der Waals surface area (Å²) in [6.45, 7) is 0. The topological polar surface area (TPSA) is 42.9 Å². The molecule has 2 aromatic heterocycles. The summed E-state index contributed by atoms with van der Waals surface area (Å²) < 4.78 is 5.83. The fraction of sp³-hybridized carbons (Fsp3) is 0. The Bertz CT molecular complexity index is 440. The summed E-state index contributed by atoms with van der Waals surface area (Å²) in [6.07, 6.45) is 4.01. The van der Waals surface area contributed by atoms with Crippen molar-refractivity contribution in [3.8, 4) is 0 Å². The van der Waals surface area contributed by atoms with Crippen LogP contribution in [0.15, 0.2) is 16.9 Å². The third-order valence-corrected chi connectivity index (χ3v) is 3.19. The van der Waals surface area contributed by atoms with Gasteiger partial charge in [0.25, 0.3) is 0 Å². The third-order valence-electron chi connectivity index (χ3n) is 1.49. The largest absolute Gasteiger partial charge is 0.296 e. The summed E-state index contributed by atoms with van der Waals surface area (Å²) >= 11 is 4.68. The van der Waals surface area contributed by atoms with Crippen LogP contribution in [-0.4, -0.2) is 15.6 Å². The number of carbonyl (C=O) groups is 1. The Labute approximate surface area is 80.7 Å². The fourth-order valence-corrected chi connectivity index (χ4v) is 2.13. The van der Waals surface area contributed by atoms with Crippen LogP contribution < -0.4 is 0 Å². The summed E-state index contributed by atoms with van der Waals surface area (Å²) in [6, 6.07) is 0. The van der Waals surface area contributed by atoms with Crippen LogP contribution in [0.5, 0.6) is 0 Å². The number of halogens is 1. The molecule has 3 nitrogen and oxygen atoms in total. The van der Waals surface area contributed by atoms with Gasteiger partial charge >= 0.3 is 0 Å². The van der Waals surface area contributed by atoms with Crippen molar-refractivity contribution in [2.75, 3.05) is 0 Å². The Morgan fingerprint density at radius 3 is 3.08 bits per heavy atom. The van der Waals surface area contributed by atoms with Crippen LogP contribution in [0, 0.1) is 0 Å². The van der Waals surface area contributed by atoms with Gasteiger partial charge in [0.2, 0.25) is 0 Å². The Kier molecular flexibility index (Phi) is 1.90. The zero-order valence-electron chi connectivity index (χ0n) is 5.82. The second kappa shape index (κ2) is 2.91. The lowest BCUT2D eigenvalue weighted by Gasteiger charge is -1.93. The van der Waals surface area contributed by atoms with E-state index in [0.29, 0.717) is 5.69 Å². The predicted molar refractivity (Wildman–Crippen MR) is 50.5 cm³/mol. The minimum Gasteiger partial charge on any atom is -0.296 e. The number of hydrogen-bond donors (Lipinski definition) is 0. The molecular weight excluding hydrogens is 240 g/mol. The molecule has 0 aliphatic carbocycles. The van der Waals surface area contributed by atoms with Crippen LogP contribution in [0.3, 0.4) is 0 Å². The highest BCUT2D eigenvalue weighted by Gasteiger charge is 2.06. The van der Waals surface area contributed by atoms with Gasteiger partial charge in [-0.15, -0.1) is 0 Å². The van der Waals surface area contributed by atoms with Gasteiger partial charge in [0.1, 0.15) is 5.69 Å². The second-order valence-electron chi connectivity index (χ2n) is 2.18. The first kappa shape index (κ1) is 7.82. The first-order valence-electron chi connectivity index (χ1n) is 3.17. The molecule has 0 aliphatic rings. The number of carbonyl (C=O) groups excluding carboxylic acids is 1. The monoisotopic (exact) mass is 242 g/mol. The summed E-state index contributed by atoms with van der Waals surface area (Å²) in [5.41, 5.74) is 0.446. The first-order valence-corrected chi connectivity index (χ1v) is 4.73. The molecule has 2 aromatic rings. The molecule has 0 aromatic carbocycles. The molecule has 0 spiro atoms. The van der Waals surface area contributed by atoms with Crippen LogP contribution in [0.4, 0.5) is 0 Å².